The van der Waals surface area contributed by atoms with Gasteiger partial charge in [-0.3, -0.25) is 4.79 Å². The van der Waals surface area contributed by atoms with Crippen LogP contribution in [0.3, 0.4) is 0 Å². The van der Waals surface area contributed by atoms with Crippen molar-refractivity contribution in [1.82, 2.24) is 5.32 Å². The summed E-state index contributed by atoms with van der Waals surface area (Å²) in [6.45, 7) is 9.23. The fourth-order valence-corrected chi connectivity index (χ4v) is 1.19. The third-order valence-electron chi connectivity index (χ3n) is 1.94. The fraction of sp³-hybridized carbons (Fsp3) is 0.692. The van der Waals surface area contributed by atoms with E-state index in [1.807, 2.05) is 13.8 Å². The summed E-state index contributed by atoms with van der Waals surface area (Å²) < 4.78 is 5.23. The molecule has 0 heterocycles. The average molecular weight is 255 g/mol. The third kappa shape index (κ3) is 7.06. The highest BCUT2D eigenvalue weighted by Crippen LogP contribution is 2.13. The van der Waals surface area contributed by atoms with Gasteiger partial charge in [0.05, 0.1) is 0 Å². The van der Waals surface area contributed by atoms with Gasteiger partial charge in [-0.1, -0.05) is 19.9 Å². The summed E-state index contributed by atoms with van der Waals surface area (Å²) in [5, 5.41) is 3.84. The molecule has 103 valence electrons. The molecule has 0 saturated carbocycles. The molecule has 0 spiro atoms. The lowest BCUT2D eigenvalue weighted by molar-refractivity contribution is -0.159. The van der Waals surface area contributed by atoms with Crippen molar-refractivity contribution in [3.8, 4) is 0 Å². The van der Waals surface area contributed by atoms with Gasteiger partial charge < -0.3 is 10.5 Å². The summed E-state index contributed by atoms with van der Waals surface area (Å²) >= 11 is 0. The van der Waals surface area contributed by atoms with Crippen LogP contribution in [-0.2, 0) is 14.3 Å². The number of ether oxygens (including phenoxy) is 1. The highest BCUT2D eigenvalue weighted by molar-refractivity contribution is 5.91. The Kier molecular flexibility index (Phi) is 6.62. The zero-order valence-corrected chi connectivity index (χ0v) is 11.8. The molecule has 0 aliphatic rings. The van der Waals surface area contributed by atoms with E-state index in [9.17, 15) is 9.59 Å². The second-order valence-corrected chi connectivity index (χ2v) is 5.33. The first kappa shape index (κ1) is 16.6. The molecule has 18 heavy (non-hydrogen) atoms. The molecule has 1 radical (unpaired) electrons. The molecule has 1 amide bonds. The van der Waals surface area contributed by atoms with Crippen LogP contribution in [-0.4, -0.2) is 30.1 Å². The van der Waals surface area contributed by atoms with Gasteiger partial charge in [-0.15, -0.1) is 0 Å². The molecule has 5 nitrogen and oxygen atoms in total. The van der Waals surface area contributed by atoms with Crippen molar-refractivity contribution in [3.63, 3.8) is 0 Å². The van der Waals surface area contributed by atoms with Crippen molar-refractivity contribution in [2.45, 2.75) is 46.3 Å². The number of rotatable bonds is 5. The van der Waals surface area contributed by atoms with E-state index in [-0.39, 0.29) is 12.5 Å². The molecule has 5 heteroatoms. The lowest BCUT2D eigenvalue weighted by Crippen LogP contribution is -2.42. The van der Waals surface area contributed by atoms with Gasteiger partial charge in [0.25, 0.3) is 5.91 Å². The molecule has 0 rings (SSSR count). The molecule has 0 aromatic rings. The van der Waals surface area contributed by atoms with Crippen molar-refractivity contribution in [3.05, 3.63) is 12.2 Å². The summed E-state index contributed by atoms with van der Waals surface area (Å²) in [5.41, 5.74) is 4.65. The number of carbonyl (C=O) groups excluding carboxylic acids is 2. The Bertz CT molecular complexity index is 317. The predicted octanol–water partition coefficient (Wildman–Crippen LogP) is 0.999. The number of carbonyl (C=O) groups is 2. The SMILES string of the molecule is CC(C)C([N]C(=O)C=CCN)C(=O)OC(C)(C)C. The Morgan fingerprint density at radius 1 is 1.33 bits per heavy atom. The molecule has 0 saturated heterocycles. The molecule has 0 bridgehead atoms. The molecular weight excluding hydrogens is 232 g/mol. The Hall–Kier alpha value is -1.36. The fourth-order valence-electron chi connectivity index (χ4n) is 1.19. The molecule has 0 aliphatic heterocycles. The summed E-state index contributed by atoms with van der Waals surface area (Å²) in [7, 11) is 0. The van der Waals surface area contributed by atoms with Crippen LogP contribution in [0.15, 0.2) is 12.2 Å². The van der Waals surface area contributed by atoms with E-state index in [1.54, 1.807) is 20.8 Å². The Labute approximate surface area is 109 Å². The molecule has 0 aromatic heterocycles. The smallest absolute Gasteiger partial charge is 0.331 e. The second kappa shape index (κ2) is 7.16. The van der Waals surface area contributed by atoms with E-state index >= 15 is 0 Å². The quantitative estimate of drug-likeness (QED) is 0.586. The van der Waals surface area contributed by atoms with E-state index < -0.39 is 23.5 Å². The second-order valence-electron chi connectivity index (χ2n) is 5.33. The van der Waals surface area contributed by atoms with Crippen LogP contribution in [0.4, 0.5) is 0 Å². The molecule has 0 aromatic carbocycles. The highest BCUT2D eigenvalue weighted by atomic mass is 16.6. The molecular formula is C13H23N2O3. The van der Waals surface area contributed by atoms with Crippen LogP contribution in [0.1, 0.15) is 34.6 Å². The van der Waals surface area contributed by atoms with Crippen molar-refractivity contribution in [1.29, 1.82) is 0 Å². The van der Waals surface area contributed by atoms with E-state index in [0.717, 1.165) is 0 Å². The van der Waals surface area contributed by atoms with E-state index in [1.165, 1.54) is 12.2 Å². The maximum Gasteiger partial charge on any atom is 0.331 e. The minimum atomic E-state index is -0.779. The van der Waals surface area contributed by atoms with Gasteiger partial charge in [0.2, 0.25) is 0 Å². The lowest BCUT2D eigenvalue weighted by Gasteiger charge is -2.24. The zero-order chi connectivity index (χ0) is 14.3. The van der Waals surface area contributed by atoms with Crippen molar-refractivity contribution in [2.24, 2.45) is 11.7 Å². The van der Waals surface area contributed by atoms with Gasteiger partial charge in [0.15, 0.2) is 6.04 Å². The van der Waals surface area contributed by atoms with Gasteiger partial charge >= 0.3 is 5.97 Å². The maximum atomic E-state index is 11.9. The van der Waals surface area contributed by atoms with Crippen molar-refractivity contribution in [2.75, 3.05) is 6.54 Å². The Morgan fingerprint density at radius 3 is 2.28 bits per heavy atom. The van der Waals surface area contributed by atoms with Gasteiger partial charge in [0.1, 0.15) is 5.60 Å². The molecule has 1 unspecified atom stereocenters. The first-order valence-corrected chi connectivity index (χ1v) is 6.01. The van der Waals surface area contributed by atoms with E-state index in [2.05, 4.69) is 5.32 Å². The van der Waals surface area contributed by atoms with Crippen LogP contribution in [0.25, 0.3) is 0 Å². The molecule has 1 atom stereocenters. The van der Waals surface area contributed by atoms with E-state index in [0.29, 0.717) is 0 Å². The first-order chi connectivity index (χ1) is 8.17. The number of amides is 1. The normalized spacial score (nSPS) is 13.7. The van der Waals surface area contributed by atoms with Crippen LogP contribution in [0.2, 0.25) is 0 Å². The van der Waals surface area contributed by atoms with Gasteiger partial charge in [0, 0.05) is 12.6 Å². The van der Waals surface area contributed by atoms with E-state index in [4.69, 9.17) is 10.5 Å². The van der Waals surface area contributed by atoms with Gasteiger partial charge in [-0.25, -0.2) is 10.1 Å². The summed E-state index contributed by atoms with van der Waals surface area (Å²) in [6.07, 6.45) is 2.76. The molecule has 2 N–H and O–H groups in total. The number of nitrogens with zero attached hydrogens (tertiary/aromatic N) is 1. The Morgan fingerprint density at radius 2 is 1.89 bits per heavy atom. The standard InChI is InChI=1S/C13H23N2O3/c1-9(2)11(12(17)18-13(3,4)5)15-10(16)7-6-8-14/h6-7,9,11H,8,14H2,1-5H3. The lowest BCUT2D eigenvalue weighted by atomic mass is 10.0. The van der Waals surface area contributed by atoms with Gasteiger partial charge in [-0.05, 0) is 26.7 Å². The summed E-state index contributed by atoms with van der Waals surface area (Å²) in [5.74, 6) is -1.05. The summed E-state index contributed by atoms with van der Waals surface area (Å²) in [4.78, 5) is 23.4. The van der Waals surface area contributed by atoms with Crippen LogP contribution < -0.4 is 11.1 Å². The number of nitrogens with two attached hydrogens (primary N) is 1. The minimum absolute atomic E-state index is 0.102. The van der Waals surface area contributed by atoms with Crippen LogP contribution in [0.5, 0.6) is 0 Å². The molecule has 0 fully saturated rings. The first-order valence-electron chi connectivity index (χ1n) is 6.01. The van der Waals surface area contributed by atoms with Crippen molar-refractivity contribution < 1.29 is 14.3 Å². The number of esters is 1. The topological polar surface area (TPSA) is 83.5 Å². The van der Waals surface area contributed by atoms with Gasteiger partial charge in [-0.2, -0.15) is 0 Å². The average Bonchev–Trinajstić information content (AvgIpc) is 2.19. The monoisotopic (exact) mass is 255 g/mol. The van der Waals surface area contributed by atoms with Crippen LogP contribution in [0, 0.1) is 5.92 Å². The molecule has 0 aliphatic carbocycles. The number of hydrogen-bond donors (Lipinski definition) is 1. The summed E-state index contributed by atoms with van der Waals surface area (Å²) in [6, 6.07) is -0.779. The number of hydrogen-bond acceptors (Lipinski definition) is 4. The maximum absolute atomic E-state index is 11.9. The third-order valence-corrected chi connectivity index (χ3v) is 1.94. The Balaban J connectivity index is 4.62. The predicted molar refractivity (Wildman–Crippen MR) is 69.8 cm³/mol. The minimum Gasteiger partial charge on any atom is -0.458 e. The zero-order valence-electron chi connectivity index (χ0n) is 11.8. The highest BCUT2D eigenvalue weighted by Gasteiger charge is 2.30. The van der Waals surface area contributed by atoms with Crippen LogP contribution >= 0.6 is 0 Å². The van der Waals surface area contributed by atoms with Crippen molar-refractivity contribution >= 4 is 11.9 Å². The largest absolute Gasteiger partial charge is 0.458 e.